The first-order chi connectivity index (χ1) is 11.5. The highest BCUT2D eigenvalue weighted by atomic mass is 32.2. The molecule has 1 saturated carbocycles. The zero-order valence-electron chi connectivity index (χ0n) is 13.6. The molecular formula is C18H18N2O3S. The SMILES string of the molecule is Cc1noc(C)c1-c1cc(S(=O)(=O)CC2CC2)c2cccnc2c1. The Morgan fingerprint density at radius 3 is 2.71 bits per heavy atom. The average Bonchev–Trinajstić information content (AvgIpc) is 3.29. The quantitative estimate of drug-likeness (QED) is 0.723. The Morgan fingerprint density at radius 2 is 2.04 bits per heavy atom. The topological polar surface area (TPSA) is 73.1 Å². The maximum atomic E-state index is 12.9. The predicted molar refractivity (Wildman–Crippen MR) is 91.5 cm³/mol. The number of benzene rings is 1. The molecule has 0 unspecified atom stereocenters. The molecule has 2 heterocycles. The Balaban J connectivity index is 1.98. The summed E-state index contributed by atoms with van der Waals surface area (Å²) >= 11 is 0. The van der Waals surface area contributed by atoms with E-state index in [0.29, 0.717) is 27.5 Å². The van der Waals surface area contributed by atoms with Crippen LogP contribution < -0.4 is 0 Å². The molecule has 2 aromatic heterocycles. The van der Waals surface area contributed by atoms with Gasteiger partial charge >= 0.3 is 0 Å². The fraction of sp³-hybridized carbons (Fsp3) is 0.333. The molecule has 0 N–H and O–H groups in total. The zero-order valence-corrected chi connectivity index (χ0v) is 14.4. The molecule has 0 bridgehead atoms. The van der Waals surface area contributed by atoms with Gasteiger partial charge in [0.1, 0.15) is 5.76 Å². The van der Waals surface area contributed by atoms with E-state index in [9.17, 15) is 8.42 Å². The number of fused-ring (bicyclic) bond motifs is 1. The third-order valence-electron chi connectivity index (χ3n) is 4.49. The lowest BCUT2D eigenvalue weighted by Crippen LogP contribution is -2.09. The second-order valence-corrected chi connectivity index (χ2v) is 8.47. The summed E-state index contributed by atoms with van der Waals surface area (Å²) in [5, 5.41) is 4.65. The zero-order chi connectivity index (χ0) is 16.9. The normalized spacial score (nSPS) is 15.1. The lowest BCUT2D eigenvalue weighted by atomic mass is 10.0. The molecule has 1 aliphatic carbocycles. The lowest BCUT2D eigenvalue weighted by Gasteiger charge is -2.10. The van der Waals surface area contributed by atoms with Crippen LogP contribution in [0.1, 0.15) is 24.3 Å². The highest BCUT2D eigenvalue weighted by molar-refractivity contribution is 7.91. The minimum atomic E-state index is -3.35. The van der Waals surface area contributed by atoms with Gasteiger partial charge < -0.3 is 4.52 Å². The molecule has 5 nitrogen and oxygen atoms in total. The van der Waals surface area contributed by atoms with Crippen LogP contribution in [0.25, 0.3) is 22.0 Å². The van der Waals surface area contributed by atoms with Crippen molar-refractivity contribution in [2.75, 3.05) is 5.75 Å². The van der Waals surface area contributed by atoms with Crippen molar-refractivity contribution in [3.63, 3.8) is 0 Å². The summed E-state index contributed by atoms with van der Waals surface area (Å²) in [5.41, 5.74) is 3.04. The monoisotopic (exact) mass is 342 g/mol. The van der Waals surface area contributed by atoms with Gasteiger partial charge in [0.15, 0.2) is 9.84 Å². The maximum absolute atomic E-state index is 12.9. The van der Waals surface area contributed by atoms with Crippen LogP contribution in [0.15, 0.2) is 39.9 Å². The minimum Gasteiger partial charge on any atom is -0.361 e. The molecule has 3 aromatic rings. The molecule has 0 aliphatic heterocycles. The van der Waals surface area contributed by atoms with Crippen molar-refractivity contribution in [3.8, 4) is 11.1 Å². The maximum Gasteiger partial charge on any atom is 0.179 e. The Morgan fingerprint density at radius 1 is 1.25 bits per heavy atom. The van der Waals surface area contributed by atoms with Crippen molar-refractivity contribution in [1.82, 2.24) is 10.1 Å². The Kier molecular flexibility index (Phi) is 3.46. The molecule has 24 heavy (non-hydrogen) atoms. The molecule has 4 rings (SSSR count). The fourth-order valence-electron chi connectivity index (χ4n) is 3.13. The van der Waals surface area contributed by atoms with Gasteiger partial charge in [-0.15, -0.1) is 0 Å². The number of pyridine rings is 1. The number of rotatable bonds is 4. The summed E-state index contributed by atoms with van der Waals surface area (Å²) in [7, 11) is -3.35. The largest absolute Gasteiger partial charge is 0.361 e. The van der Waals surface area contributed by atoms with Crippen molar-refractivity contribution in [3.05, 3.63) is 41.9 Å². The van der Waals surface area contributed by atoms with Crippen LogP contribution in [0.2, 0.25) is 0 Å². The van der Waals surface area contributed by atoms with Crippen LogP contribution in [0.4, 0.5) is 0 Å². The molecule has 1 aromatic carbocycles. The summed E-state index contributed by atoms with van der Waals surface area (Å²) < 4.78 is 31.1. The number of aromatic nitrogens is 2. The number of sulfone groups is 1. The molecule has 0 atom stereocenters. The highest BCUT2D eigenvalue weighted by Crippen LogP contribution is 2.37. The second kappa shape index (κ2) is 5.41. The number of hydrogen-bond donors (Lipinski definition) is 0. The Labute approximate surface area is 140 Å². The van der Waals surface area contributed by atoms with Crippen molar-refractivity contribution in [2.24, 2.45) is 5.92 Å². The first kappa shape index (κ1) is 15.3. The van der Waals surface area contributed by atoms with Gasteiger partial charge in [0.2, 0.25) is 0 Å². The van der Waals surface area contributed by atoms with E-state index in [1.54, 1.807) is 18.3 Å². The number of aryl methyl sites for hydroxylation is 2. The van der Waals surface area contributed by atoms with Crippen LogP contribution in [-0.4, -0.2) is 24.3 Å². The van der Waals surface area contributed by atoms with Crippen molar-refractivity contribution in [1.29, 1.82) is 0 Å². The summed E-state index contributed by atoms with van der Waals surface area (Å²) in [6, 6.07) is 7.24. The third-order valence-corrected chi connectivity index (χ3v) is 6.41. The molecule has 0 saturated heterocycles. The first-order valence-electron chi connectivity index (χ1n) is 8.00. The van der Waals surface area contributed by atoms with E-state index in [1.807, 2.05) is 26.0 Å². The summed E-state index contributed by atoms with van der Waals surface area (Å²) in [5.74, 6) is 1.18. The molecular weight excluding hydrogens is 324 g/mol. The van der Waals surface area contributed by atoms with Gasteiger partial charge in [-0.25, -0.2) is 8.42 Å². The molecule has 0 radical (unpaired) electrons. The van der Waals surface area contributed by atoms with Gasteiger partial charge in [0.05, 0.1) is 21.9 Å². The number of hydrogen-bond acceptors (Lipinski definition) is 5. The minimum absolute atomic E-state index is 0.210. The Bertz CT molecular complexity index is 1010. The van der Waals surface area contributed by atoms with Gasteiger partial charge in [-0.1, -0.05) is 5.16 Å². The lowest BCUT2D eigenvalue weighted by molar-refractivity contribution is 0.393. The van der Waals surface area contributed by atoms with Gasteiger partial charge in [-0.3, -0.25) is 4.98 Å². The molecule has 0 spiro atoms. The number of nitrogens with zero attached hydrogens (tertiary/aromatic N) is 2. The van der Waals surface area contributed by atoms with E-state index < -0.39 is 9.84 Å². The molecule has 6 heteroatoms. The van der Waals surface area contributed by atoms with Gasteiger partial charge in [0, 0.05) is 17.1 Å². The third kappa shape index (κ3) is 2.60. The first-order valence-corrected chi connectivity index (χ1v) is 9.66. The van der Waals surface area contributed by atoms with Gasteiger partial charge in [-0.2, -0.15) is 0 Å². The Hall–Kier alpha value is -2.21. The van der Waals surface area contributed by atoms with Crippen LogP contribution in [0.3, 0.4) is 0 Å². The summed E-state index contributed by atoms with van der Waals surface area (Å²) in [6.45, 7) is 3.68. The summed E-state index contributed by atoms with van der Waals surface area (Å²) in [4.78, 5) is 4.72. The van der Waals surface area contributed by atoms with Crippen LogP contribution in [-0.2, 0) is 9.84 Å². The molecule has 1 aliphatic rings. The van der Waals surface area contributed by atoms with E-state index in [-0.39, 0.29) is 5.75 Å². The fourth-order valence-corrected chi connectivity index (χ4v) is 5.08. The van der Waals surface area contributed by atoms with E-state index >= 15 is 0 Å². The predicted octanol–water partition coefficient (Wildman–Crippen LogP) is 3.69. The van der Waals surface area contributed by atoms with E-state index in [4.69, 9.17) is 4.52 Å². The van der Waals surface area contributed by atoms with Crippen LogP contribution in [0.5, 0.6) is 0 Å². The van der Waals surface area contributed by atoms with E-state index in [1.165, 1.54) is 0 Å². The molecule has 0 amide bonds. The van der Waals surface area contributed by atoms with Gasteiger partial charge in [-0.05, 0) is 62.4 Å². The molecule has 1 fully saturated rings. The van der Waals surface area contributed by atoms with Crippen molar-refractivity contribution < 1.29 is 12.9 Å². The van der Waals surface area contributed by atoms with Crippen LogP contribution >= 0.6 is 0 Å². The van der Waals surface area contributed by atoms with Crippen LogP contribution in [0, 0.1) is 19.8 Å². The standard InChI is InChI=1S/C18H18N2O3S/c1-11-18(12(2)23-20-11)14-8-16-15(4-3-7-19-16)17(9-14)24(21,22)10-13-5-6-13/h3-4,7-9,13H,5-6,10H2,1-2H3. The van der Waals surface area contributed by atoms with E-state index in [2.05, 4.69) is 10.1 Å². The molecule has 124 valence electrons. The second-order valence-electron chi connectivity index (χ2n) is 6.47. The smallest absolute Gasteiger partial charge is 0.179 e. The van der Waals surface area contributed by atoms with Crippen molar-refractivity contribution in [2.45, 2.75) is 31.6 Å². The van der Waals surface area contributed by atoms with Gasteiger partial charge in [0.25, 0.3) is 0 Å². The van der Waals surface area contributed by atoms with Crippen molar-refractivity contribution >= 4 is 20.7 Å². The van der Waals surface area contributed by atoms with E-state index in [0.717, 1.165) is 29.7 Å². The summed E-state index contributed by atoms with van der Waals surface area (Å²) in [6.07, 6.45) is 3.68. The average molecular weight is 342 g/mol. The highest BCUT2D eigenvalue weighted by Gasteiger charge is 2.30.